The molecule has 1 aromatic heterocycles. The lowest BCUT2D eigenvalue weighted by atomic mass is 10.1. The summed E-state index contributed by atoms with van der Waals surface area (Å²) in [6.45, 7) is 3.03. The number of nitrogens with zero attached hydrogens (tertiary/aromatic N) is 3. The van der Waals surface area contributed by atoms with Gasteiger partial charge in [-0.2, -0.15) is 0 Å². The van der Waals surface area contributed by atoms with Crippen LogP contribution in [-0.2, 0) is 13.0 Å². The summed E-state index contributed by atoms with van der Waals surface area (Å²) >= 11 is 2.26. The van der Waals surface area contributed by atoms with Gasteiger partial charge in [0.1, 0.15) is 12.1 Å². The van der Waals surface area contributed by atoms with Crippen LogP contribution in [0.3, 0.4) is 0 Å². The quantitative estimate of drug-likeness (QED) is 0.790. The highest BCUT2D eigenvalue weighted by Gasteiger charge is 2.07. The van der Waals surface area contributed by atoms with Gasteiger partial charge in [0.2, 0.25) is 0 Å². The smallest absolute Gasteiger partial charge is 0.145 e. The van der Waals surface area contributed by atoms with Crippen LogP contribution in [0, 0.1) is 3.57 Å². The third kappa shape index (κ3) is 3.19. The number of hydrogen-bond acceptors (Lipinski definition) is 3. The number of benzene rings is 1. The molecule has 1 heterocycles. The van der Waals surface area contributed by atoms with Gasteiger partial charge in [-0.1, -0.05) is 31.2 Å². The van der Waals surface area contributed by atoms with Crippen molar-refractivity contribution < 1.29 is 0 Å². The lowest BCUT2D eigenvalue weighted by Crippen LogP contribution is -2.18. The van der Waals surface area contributed by atoms with Gasteiger partial charge in [0.05, 0.1) is 3.57 Å². The first-order valence-corrected chi connectivity index (χ1v) is 7.03. The first-order valence-electron chi connectivity index (χ1n) is 5.95. The van der Waals surface area contributed by atoms with Crippen molar-refractivity contribution in [3.05, 3.63) is 51.5 Å². The highest BCUT2D eigenvalue weighted by Crippen LogP contribution is 2.18. The zero-order valence-electron chi connectivity index (χ0n) is 10.6. The van der Waals surface area contributed by atoms with Crippen LogP contribution in [0.4, 0.5) is 5.82 Å². The molecule has 0 amide bonds. The number of anilines is 1. The number of rotatable bonds is 4. The van der Waals surface area contributed by atoms with Crippen molar-refractivity contribution in [3.63, 3.8) is 0 Å². The van der Waals surface area contributed by atoms with E-state index in [1.54, 1.807) is 6.33 Å². The molecule has 1 aromatic carbocycles. The molecule has 0 aliphatic heterocycles. The summed E-state index contributed by atoms with van der Waals surface area (Å²) in [5, 5.41) is 0. The summed E-state index contributed by atoms with van der Waals surface area (Å²) in [5.74, 6) is 0.977. The molecule has 94 valence electrons. The van der Waals surface area contributed by atoms with E-state index in [0.717, 1.165) is 22.4 Å². The summed E-state index contributed by atoms with van der Waals surface area (Å²) in [5.41, 5.74) is 2.67. The highest BCUT2D eigenvalue weighted by atomic mass is 127. The van der Waals surface area contributed by atoms with E-state index in [-0.39, 0.29) is 0 Å². The van der Waals surface area contributed by atoms with Crippen LogP contribution in [0.1, 0.15) is 18.1 Å². The predicted octanol–water partition coefficient (Wildman–Crippen LogP) is 3.28. The van der Waals surface area contributed by atoms with Gasteiger partial charge in [0.15, 0.2) is 0 Å². The maximum atomic E-state index is 4.32. The minimum atomic E-state index is 0.858. The molecule has 0 aliphatic carbocycles. The van der Waals surface area contributed by atoms with Gasteiger partial charge >= 0.3 is 0 Å². The zero-order chi connectivity index (χ0) is 13.0. The van der Waals surface area contributed by atoms with Crippen LogP contribution in [0.2, 0.25) is 0 Å². The molecule has 0 radical (unpaired) electrons. The van der Waals surface area contributed by atoms with Crippen molar-refractivity contribution in [1.29, 1.82) is 0 Å². The van der Waals surface area contributed by atoms with E-state index in [0.29, 0.717) is 0 Å². The average Bonchev–Trinajstić information content (AvgIpc) is 2.40. The number of aryl methyl sites for hydroxylation is 1. The molecule has 0 bridgehead atoms. The van der Waals surface area contributed by atoms with Gasteiger partial charge in [0, 0.05) is 19.8 Å². The standard InChI is InChI=1S/C14H16IN3/c1-3-11-4-6-12(7-5-11)9-18(2)14-13(15)8-16-10-17-14/h4-8,10H,3,9H2,1-2H3. The first-order chi connectivity index (χ1) is 8.70. The fourth-order valence-electron chi connectivity index (χ4n) is 1.82. The molecule has 3 nitrogen and oxygen atoms in total. The van der Waals surface area contributed by atoms with Crippen LogP contribution in [0.5, 0.6) is 0 Å². The Balaban J connectivity index is 2.11. The molecule has 2 aromatic rings. The minimum Gasteiger partial charge on any atom is -0.354 e. The van der Waals surface area contributed by atoms with Gasteiger partial charge < -0.3 is 4.90 Å². The van der Waals surface area contributed by atoms with Crippen LogP contribution < -0.4 is 4.90 Å². The Bertz CT molecular complexity index is 511. The molecule has 0 spiro atoms. The van der Waals surface area contributed by atoms with Crippen LogP contribution in [0.15, 0.2) is 36.8 Å². The van der Waals surface area contributed by atoms with Crippen LogP contribution in [-0.4, -0.2) is 17.0 Å². The number of hydrogen-bond donors (Lipinski definition) is 0. The molecule has 2 rings (SSSR count). The molecule has 0 atom stereocenters. The molecule has 0 saturated carbocycles. The van der Waals surface area contributed by atoms with Gasteiger partial charge in [0.25, 0.3) is 0 Å². The molecular formula is C14H16IN3. The fourth-order valence-corrected chi connectivity index (χ4v) is 2.53. The van der Waals surface area contributed by atoms with Crippen molar-refractivity contribution in [1.82, 2.24) is 9.97 Å². The highest BCUT2D eigenvalue weighted by molar-refractivity contribution is 14.1. The lowest BCUT2D eigenvalue weighted by molar-refractivity contribution is 0.884. The summed E-state index contributed by atoms with van der Waals surface area (Å²) in [6.07, 6.45) is 4.51. The Hall–Kier alpha value is -1.17. The van der Waals surface area contributed by atoms with E-state index < -0.39 is 0 Å². The molecular weight excluding hydrogens is 337 g/mol. The van der Waals surface area contributed by atoms with Crippen molar-refractivity contribution in [2.24, 2.45) is 0 Å². The Kier molecular flexibility index (Phi) is 4.52. The Morgan fingerprint density at radius 2 is 1.83 bits per heavy atom. The molecule has 18 heavy (non-hydrogen) atoms. The zero-order valence-corrected chi connectivity index (χ0v) is 12.8. The summed E-state index contributed by atoms with van der Waals surface area (Å²) in [4.78, 5) is 10.5. The Morgan fingerprint density at radius 3 is 2.44 bits per heavy atom. The van der Waals surface area contributed by atoms with Crippen molar-refractivity contribution in [2.75, 3.05) is 11.9 Å². The van der Waals surface area contributed by atoms with Crippen molar-refractivity contribution in [3.8, 4) is 0 Å². The third-order valence-corrected chi connectivity index (χ3v) is 3.62. The molecule has 0 saturated heterocycles. The van der Waals surface area contributed by atoms with E-state index in [9.17, 15) is 0 Å². The maximum Gasteiger partial charge on any atom is 0.145 e. The average molecular weight is 353 g/mol. The topological polar surface area (TPSA) is 29.0 Å². The SMILES string of the molecule is CCc1ccc(CN(C)c2ncncc2I)cc1. The predicted molar refractivity (Wildman–Crippen MR) is 82.7 cm³/mol. The van der Waals surface area contributed by atoms with E-state index in [2.05, 4.69) is 75.7 Å². The van der Waals surface area contributed by atoms with Crippen molar-refractivity contribution >= 4 is 28.4 Å². The fraction of sp³-hybridized carbons (Fsp3) is 0.286. The minimum absolute atomic E-state index is 0.858. The summed E-state index contributed by atoms with van der Waals surface area (Å²) in [7, 11) is 2.05. The monoisotopic (exact) mass is 353 g/mol. The third-order valence-electron chi connectivity index (χ3n) is 2.86. The van der Waals surface area contributed by atoms with Crippen molar-refractivity contribution in [2.45, 2.75) is 19.9 Å². The first kappa shape index (κ1) is 13.3. The van der Waals surface area contributed by atoms with E-state index in [1.165, 1.54) is 11.1 Å². The van der Waals surface area contributed by atoms with E-state index in [4.69, 9.17) is 0 Å². The summed E-state index contributed by atoms with van der Waals surface area (Å²) in [6, 6.07) is 8.75. The Labute approximate surface area is 121 Å². The second kappa shape index (κ2) is 6.13. The number of aromatic nitrogens is 2. The summed E-state index contributed by atoms with van der Waals surface area (Å²) < 4.78 is 1.07. The lowest BCUT2D eigenvalue weighted by Gasteiger charge is -2.19. The normalized spacial score (nSPS) is 10.4. The van der Waals surface area contributed by atoms with Crippen LogP contribution in [0.25, 0.3) is 0 Å². The van der Waals surface area contributed by atoms with Gasteiger partial charge in [-0.05, 0) is 40.1 Å². The van der Waals surface area contributed by atoms with Gasteiger partial charge in [-0.15, -0.1) is 0 Å². The molecule has 4 heteroatoms. The number of halogens is 1. The molecule has 0 aliphatic rings. The second-order valence-electron chi connectivity index (χ2n) is 4.22. The largest absolute Gasteiger partial charge is 0.354 e. The van der Waals surface area contributed by atoms with Crippen LogP contribution >= 0.6 is 22.6 Å². The molecule has 0 fully saturated rings. The Morgan fingerprint density at radius 1 is 1.17 bits per heavy atom. The molecule has 0 N–H and O–H groups in total. The maximum absolute atomic E-state index is 4.32. The van der Waals surface area contributed by atoms with E-state index >= 15 is 0 Å². The van der Waals surface area contributed by atoms with E-state index in [1.807, 2.05) is 6.20 Å². The molecule has 0 unspecified atom stereocenters. The van der Waals surface area contributed by atoms with Gasteiger partial charge in [-0.25, -0.2) is 9.97 Å². The second-order valence-corrected chi connectivity index (χ2v) is 5.38. The van der Waals surface area contributed by atoms with Gasteiger partial charge in [-0.3, -0.25) is 0 Å².